The molecule has 0 aromatic heterocycles. The van der Waals surface area contributed by atoms with Gasteiger partial charge in [-0.2, -0.15) is 0 Å². The molecule has 1 atom stereocenters. The van der Waals surface area contributed by atoms with Gasteiger partial charge in [-0.05, 0) is 38.8 Å². The second kappa shape index (κ2) is 3.35. The van der Waals surface area contributed by atoms with E-state index in [0.29, 0.717) is 11.5 Å². The minimum Gasteiger partial charge on any atom is -0.377 e. The van der Waals surface area contributed by atoms with Gasteiger partial charge in [-0.3, -0.25) is 0 Å². The van der Waals surface area contributed by atoms with Crippen LogP contribution < -0.4 is 5.32 Å². The molecule has 0 aromatic rings. The first-order valence-electron chi connectivity index (χ1n) is 5.04. The molecule has 2 fully saturated rings. The molecular weight excluding hydrogens is 150 g/mol. The lowest BCUT2D eigenvalue weighted by Crippen LogP contribution is -2.41. The molecule has 1 radical (unpaired) electrons. The number of piperidine rings is 1. The van der Waals surface area contributed by atoms with Gasteiger partial charge in [0.25, 0.3) is 0 Å². The van der Waals surface area contributed by atoms with Gasteiger partial charge in [0.05, 0.1) is 12.7 Å². The fraction of sp³-hybridized carbons (Fsp3) is 0.900. The molecule has 2 heterocycles. The summed E-state index contributed by atoms with van der Waals surface area (Å²) in [4.78, 5) is 0. The van der Waals surface area contributed by atoms with Gasteiger partial charge in [-0.1, -0.05) is 6.92 Å². The molecule has 2 rings (SSSR count). The van der Waals surface area contributed by atoms with E-state index in [4.69, 9.17) is 4.74 Å². The maximum absolute atomic E-state index is 5.71. The van der Waals surface area contributed by atoms with Crippen molar-refractivity contribution in [3.05, 3.63) is 6.42 Å². The first-order chi connectivity index (χ1) is 5.87. The molecule has 2 aliphatic heterocycles. The van der Waals surface area contributed by atoms with Gasteiger partial charge >= 0.3 is 0 Å². The van der Waals surface area contributed by atoms with E-state index in [0.717, 1.165) is 26.1 Å². The lowest BCUT2D eigenvalue weighted by atomic mass is 9.73. The van der Waals surface area contributed by atoms with Crippen LogP contribution in [-0.2, 0) is 4.74 Å². The van der Waals surface area contributed by atoms with Gasteiger partial charge in [0, 0.05) is 5.41 Å². The van der Waals surface area contributed by atoms with Gasteiger partial charge in [0.1, 0.15) is 0 Å². The Bertz CT molecular complexity index is 152. The average molecular weight is 168 g/mol. The van der Waals surface area contributed by atoms with E-state index in [1.165, 1.54) is 12.8 Å². The van der Waals surface area contributed by atoms with Crippen molar-refractivity contribution in [1.82, 2.24) is 5.32 Å². The van der Waals surface area contributed by atoms with Crippen molar-refractivity contribution in [2.24, 2.45) is 5.41 Å². The van der Waals surface area contributed by atoms with E-state index in [1.807, 2.05) is 0 Å². The Morgan fingerprint density at radius 2 is 2.25 bits per heavy atom. The highest BCUT2D eigenvalue weighted by atomic mass is 16.5. The maximum Gasteiger partial charge on any atom is 0.0633 e. The summed E-state index contributed by atoms with van der Waals surface area (Å²) in [5.41, 5.74) is 0.431. The molecule has 2 heteroatoms. The highest BCUT2D eigenvalue weighted by Crippen LogP contribution is 2.42. The van der Waals surface area contributed by atoms with Gasteiger partial charge in [-0.15, -0.1) is 0 Å². The van der Waals surface area contributed by atoms with Crippen LogP contribution in [0.4, 0.5) is 0 Å². The van der Waals surface area contributed by atoms with E-state index in [9.17, 15) is 0 Å². The molecule has 0 amide bonds. The highest BCUT2D eigenvalue weighted by Gasteiger charge is 2.43. The second-order valence-electron chi connectivity index (χ2n) is 3.92. The van der Waals surface area contributed by atoms with E-state index in [2.05, 4.69) is 18.7 Å². The van der Waals surface area contributed by atoms with Crippen LogP contribution in [0.5, 0.6) is 0 Å². The molecule has 12 heavy (non-hydrogen) atoms. The minimum absolute atomic E-state index is 0.431. The van der Waals surface area contributed by atoms with E-state index in [1.54, 1.807) is 0 Å². The number of nitrogens with one attached hydrogen (secondary N) is 1. The molecule has 0 saturated carbocycles. The summed E-state index contributed by atoms with van der Waals surface area (Å²) < 4.78 is 5.71. The molecule has 1 N–H and O–H groups in total. The quantitative estimate of drug-likeness (QED) is 0.638. The predicted molar refractivity (Wildman–Crippen MR) is 48.9 cm³/mol. The van der Waals surface area contributed by atoms with Gasteiger partial charge in [-0.25, -0.2) is 0 Å². The van der Waals surface area contributed by atoms with Crippen LogP contribution in [0.2, 0.25) is 0 Å². The standard InChI is InChI=1S/C10H18NO/c1-2-9-10(5-8-12-9)3-6-11-7-4-10/h5,9,11H,2-4,6-8H2,1H3. The summed E-state index contributed by atoms with van der Waals surface area (Å²) in [6, 6.07) is 0. The SMILES string of the molecule is CCC1OC[CH]C12CCNCC2. The molecule has 1 spiro atoms. The molecule has 1 unspecified atom stereocenters. The van der Waals surface area contributed by atoms with Crippen LogP contribution in [0.1, 0.15) is 26.2 Å². The third-order valence-electron chi connectivity index (χ3n) is 3.33. The number of ether oxygens (including phenoxy) is 1. The lowest BCUT2D eigenvalue weighted by molar-refractivity contribution is 0.0322. The Morgan fingerprint density at radius 1 is 1.50 bits per heavy atom. The van der Waals surface area contributed by atoms with Crippen molar-refractivity contribution in [1.29, 1.82) is 0 Å². The van der Waals surface area contributed by atoms with E-state index < -0.39 is 0 Å². The summed E-state index contributed by atoms with van der Waals surface area (Å²) in [6.07, 6.45) is 6.61. The first-order valence-corrected chi connectivity index (χ1v) is 5.04. The van der Waals surface area contributed by atoms with Crippen LogP contribution in [0.25, 0.3) is 0 Å². The summed E-state index contributed by atoms with van der Waals surface area (Å²) in [5.74, 6) is 0. The molecule has 2 aliphatic rings. The van der Waals surface area contributed by atoms with E-state index in [-0.39, 0.29) is 0 Å². The maximum atomic E-state index is 5.71. The molecular formula is C10H18NO. The van der Waals surface area contributed by atoms with Crippen molar-refractivity contribution in [3.8, 4) is 0 Å². The van der Waals surface area contributed by atoms with Crippen LogP contribution >= 0.6 is 0 Å². The summed E-state index contributed by atoms with van der Waals surface area (Å²) in [7, 11) is 0. The van der Waals surface area contributed by atoms with Crippen molar-refractivity contribution in [2.75, 3.05) is 19.7 Å². The molecule has 0 aromatic carbocycles. The van der Waals surface area contributed by atoms with Crippen LogP contribution in [0, 0.1) is 11.8 Å². The molecule has 2 saturated heterocycles. The fourth-order valence-corrected chi connectivity index (χ4v) is 2.57. The van der Waals surface area contributed by atoms with Gasteiger partial charge < -0.3 is 10.1 Å². The molecule has 69 valence electrons. The zero-order valence-corrected chi connectivity index (χ0v) is 7.81. The number of hydrogen-bond donors (Lipinski definition) is 1. The summed E-state index contributed by atoms with van der Waals surface area (Å²) >= 11 is 0. The summed E-state index contributed by atoms with van der Waals surface area (Å²) in [6.45, 7) is 5.43. The van der Waals surface area contributed by atoms with Gasteiger partial charge in [0.15, 0.2) is 0 Å². The zero-order valence-electron chi connectivity index (χ0n) is 7.81. The van der Waals surface area contributed by atoms with Crippen LogP contribution in [0.15, 0.2) is 0 Å². The summed E-state index contributed by atoms with van der Waals surface area (Å²) in [5, 5.41) is 3.40. The topological polar surface area (TPSA) is 21.3 Å². The Balaban J connectivity index is 2.05. The molecule has 2 nitrogen and oxygen atoms in total. The van der Waals surface area contributed by atoms with Crippen molar-refractivity contribution in [3.63, 3.8) is 0 Å². The molecule has 0 aliphatic carbocycles. The van der Waals surface area contributed by atoms with Crippen LogP contribution in [-0.4, -0.2) is 25.8 Å². The van der Waals surface area contributed by atoms with Crippen molar-refractivity contribution < 1.29 is 4.74 Å². The Labute approximate surface area is 74.7 Å². The number of hydrogen-bond acceptors (Lipinski definition) is 2. The van der Waals surface area contributed by atoms with E-state index >= 15 is 0 Å². The van der Waals surface area contributed by atoms with Crippen molar-refractivity contribution >= 4 is 0 Å². The van der Waals surface area contributed by atoms with Crippen LogP contribution in [0.3, 0.4) is 0 Å². The Morgan fingerprint density at radius 3 is 2.92 bits per heavy atom. The van der Waals surface area contributed by atoms with Gasteiger partial charge in [0.2, 0.25) is 0 Å². The third kappa shape index (κ3) is 1.27. The normalized spacial score (nSPS) is 34.2. The number of rotatable bonds is 1. The molecule has 0 bridgehead atoms. The third-order valence-corrected chi connectivity index (χ3v) is 3.33. The Kier molecular flexibility index (Phi) is 2.37. The smallest absolute Gasteiger partial charge is 0.0633 e. The predicted octanol–water partition coefficient (Wildman–Crippen LogP) is 1.37. The largest absolute Gasteiger partial charge is 0.377 e. The van der Waals surface area contributed by atoms with Crippen molar-refractivity contribution in [2.45, 2.75) is 32.3 Å². The lowest BCUT2D eigenvalue weighted by Gasteiger charge is -2.37. The average Bonchev–Trinajstić information content (AvgIpc) is 2.49. The monoisotopic (exact) mass is 168 g/mol. The second-order valence-corrected chi connectivity index (χ2v) is 3.92. The zero-order chi connectivity index (χ0) is 8.44. The fourth-order valence-electron chi connectivity index (χ4n) is 2.57. The highest BCUT2D eigenvalue weighted by molar-refractivity contribution is 5.04. The minimum atomic E-state index is 0.431. The first kappa shape index (κ1) is 8.52. The Hall–Kier alpha value is -0.0800.